The number of aromatic carboxylic acids is 1. The molecule has 0 atom stereocenters. The summed E-state index contributed by atoms with van der Waals surface area (Å²) in [5.74, 6) is -1.28. The summed E-state index contributed by atoms with van der Waals surface area (Å²) >= 11 is 6.09. The van der Waals surface area contributed by atoms with Crippen molar-refractivity contribution >= 4 is 28.6 Å². The Labute approximate surface area is 153 Å². The number of carbonyl (C=O) groups excluding carboxylic acids is 1. The lowest BCUT2D eigenvalue weighted by Gasteiger charge is -2.10. The van der Waals surface area contributed by atoms with Crippen molar-refractivity contribution in [2.75, 3.05) is 0 Å². The SMILES string of the molecule is Cc1nn(-c2cccc(Cl)c2)c2nc(-c3ccncc3)cc(C(=O)[O-])c12. The Balaban J connectivity index is 2.06. The quantitative estimate of drug-likeness (QED) is 0.559. The van der Waals surface area contributed by atoms with Gasteiger partial charge < -0.3 is 9.90 Å². The van der Waals surface area contributed by atoms with Crippen LogP contribution in [0.2, 0.25) is 5.02 Å². The zero-order valence-corrected chi connectivity index (χ0v) is 14.4. The molecule has 0 bridgehead atoms. The minimum atomic E-state index is -1.28. The lowest BCUT2D eigenvalue weighted by molar-refractivity contribution is -0.254. The number of halogens is 1. The first-order valence-corrected chi connectivity index (χ1v) is 8.20. The van der Waals surface area contributed by atoms with Gasteiger partial charge in [0.25, 0.3) is 0 Å². The molecule has 0 aliphatic carbocycles. The molecule has 0 fully saturated rings. The minimum absolute atomic E-state index is 0.0487. The van der Waals surface area contributed by atoms with E-state index in [1.165, 1.54) is 6.07 Å². The summed E-state index contributed by atoms with van der Waals surface area (Å²) in [6.07, 6.45) is 3.25. The molecule has 0 N–H and O–H groups in total. The fourth-order valence-electron chi connectivity index (χ4n) is 2.91. The molecule has 0 saturated heterocycles. The zero-order valence-electron chi connectivity index (χ0n) is 13.7. The van der Waals surface area contributed by atoms with E-state index in [-0.39, 0.29) is 5.56 Å². The van der Waals surface area contributed by atoms with Crippen LogP contribution in [0.5, 0.6) is 0 Å². The second-order valence-electron chi connectivity index (χ2n) is 5.75. The maximum atomic E-state index is 11.7. The molecule has 7 heteroatoms. The number of aromatic nitrogens is 4. The molecule has 3 aromatic heterocycles. The molecule has 3 heterocycles. The number of pyridine rings is 2. The number of carboxylic acids is 1. The van der Waals surface area contributed by atoms with Crippen LogP contribution in [0.3, 0.4) is 0 Å². The Morgan fingerprint density at radius 2 is 1.92 bits per heavy atom. The number of nitrogens with zero attached hydrogens (tertiary/aromatic N) is 4. The Morgan fingerprint density at radius 1 is 1.15 bits per heavy atom. The van der Waals surface area contributed by atoms with Gasteiger partial charge in [-0.3, -0.25) is 4.98 Å². The van der Waals surface area contributed by atoms with Crippen LogP contribution in [0.1, 0.15) is 16.1 Å². The Kier molecular flexibility index (Phi) is 3.89. The van der Waals surface area contributed by atoms with Crippen LogP contribution in [0.15, 0.2) is 54.9 Å². The van der Waals surface area contributed by atoms with E-state index < -0.39 is 5.97 Å². The largest absolute Gasteiger partial charge is 0.545 e. The number of aryl methyl sites for hydroxylation is 1. The van der Waals surface area contributed by atoms with Crippen LogP contribution in [-0.4, -0.2) is 25.7 Å². The molecule has 128 valence electrons. The Morgan fingerprint density at radius 3 is 2.62 bits per heavy atom. The molecule has 4 rings (SSSR count). The van der Waals surface area contributed by atoms with Gasteiger partial charge in [0.15, 0.2) is 5.65 Å². The number of carbonyl (C=O) groups is 1. The highest BCUT2D eigenvalue weighted by atomic mass is 35.5. The van der Waals surface area contributed by atoms with Crippen LogP contribution in [0.4, 0.5) is 0 Å². The van der Waals surface area contributed by atoms with E-state index in [0.29, 0.717) is 33.1 Å². The number of rotatable bonds is 3. The third-order valence-corrected chi connectivity index (χ3v) is 4.30. The molecule has 4 aromatic rings. The van der Waals surface area contributed by atoms with E-state index in [4.69, 9.17) is 11.6 Å². The van der Waals surface area contributed by atoms with Crippen LogP contribution < -0.4 is 5.11 Å². The monoisotopic (exact) mass is 363 g/mol. The van der Waals surface area contributed by atoms with E-state index in [2.05, 4.69) is 15.1 Å². The first-order valence-electron chi connectivity index (χ1n) is 7.82. The van der Waals surface area contributed by atoms with Gasteiger partial charge in [0.1, 0.15) is 0 Å². The maximum Gasteiger partial charge on any atom is 0.164 e. The number of benzene rings is 1. The molecular formula is C19H12ClN4O2-. The molecule has 0 amide bonds. The molecule has 26 heavy (non-hydrogen) atoms. The van der Waals surface area contributed by atoms with Gasteiger partial charge in [-0.15, -0.1) is 0 Å². The fraction of sp³-hybridized carbons (Fsp3) is 0.0526. The van der Waals surface area contributed by atoms with Gasteiger partial charge in [-0.25, -0.2) is 9.67 Å². The van der Waals surface area contributed by atoms with Gasteiger partial charge in [-0.2, -0.15) is 5.10 Å². The predicted octanol–water partition coefficient (Wildman–Crippen LogP) is 2.81. The van der Waals surface area contributed by atoms with E-state index >= 15 is 0 Å². The van der Waals surface area contributed by atoms with Gasteiger partial charge in [-0.05, 0) is 43.3 Å². The summed E-state index contributed by atoms with van der Waals surface area (Å²) in [6, 6.07) is 12.2. The van der Waals surface area contributed by atoms with Crippen molar-refractivity contribution in [2.45, 2.75) is 6.92 Å². The molecule has 0 unspecified atom stereocenters. The highest BCUT2D eigenvalue weighted by Gasteiger charge is 2.17. The summed E-state index contributed by atoms with van der Waals surface area (Å²) in [5, 5.41) is 17.2. The Hall–Kier alpha value is -3.25. The van der Waals surface area contributed by atoms with Crippen molar-refractivity contribution in [3.05, 3.63) is 71.1 Å². The predicted molar refractivity (Wildman–Crippen MR) is 96.2 cm³/mol. The van der Waals surface area contributed by atoms with Crippen molar-refractivity contribution in [1.82, 2.24) is 19.7 Å². The fourth-order valence-corrected chi connectivity index (χ4v) is 3.09. The van der Waals surface area contributed by atoms with Gasteiger partial charge >= 0.3 is 0 Å². The molecule has 0 spiro atoms. The van der Waals surface area contributed by atoms with Crippen LogP contribution >= 0.6 is 11.6 Å². The second-order valence-corrected chi connectivity index (χ2v) is 6.19. The third kappa shape index (κ3) is 2.70. The number of carboxylic acid groups (broad SMARTS) is 1. The lowest BCUT2D eigenvalue weighted by atomic mass is 10.1. The van der Waals surface area contributed by atoms with E-state index in [0.717, 1.165) is 5.56 Å². The molecule has 1 aromatic carbocycles. The van der Waals surface area contributed by atoms with Crippen molar-refractivity contribution < 1.29 is 9.90 Å². The topological polar surface area (TPSA) is 83.7 Å². The molecule has 6 nitrogen and oxygen atoms in total. The standard InChI is InChI=1S/C19H13ClN4O2/c1-11-17-15(19(25)26)10-16(12-5-7-21-8-6-12)22-18(17)24(23-11)14-4-2-3-13(20)9-14/h2-10H,1H3,(H,25,26)/p-1. The normalized spacial score (nSPS) is 11.0. The van der Waals surface area contributed by atoms with Crippen LogP contribution in [0.25, 0.3) is 28.0 Å². The second kappa shape index (κ2) is 6.24. The maximum absolute atomic E-state index is 11.7. The lowest BCUT2D eigenvalue weighted by Crippen LogP contribution is -2.23. The number of hydrogen-bond acceptors (Lipinski definition) is 5. The van der Waals surface area contributed by atoms with Crippen molar-refractivity contribution in [3.63, 3.8) is 0 Å². The van der Waals surface area contributed by atoms with E-state index in [9.17, 15) is 9.90 Å². The first-order chi connectivity index (χ1) is 12.5. The van der Waals surface area contributed by atoms with E-state index in [1.54, 1.807) is 54.3 Å². The van der Waals surface area contributed by atoms with Gasteiger partial charge in [0.2, 0.25) is 0 Å². The smallest absolute Gasteiger partial charge is 0.164 e. The zero-order chi connectivity index (χ0) is 18.3. The Bertz CT molecular complexity index is 1140. The van der Waals surface area contributed by atoms with Gasteiger partial charge in [-0.1, -0.05) is 17.7 Å². The highest BCUT2D eigenvalue weighted by Crippen LogP contribution is 2.28. The average Bonchev–Trinajstić information content (AvgIpc) is 2.98. The summed E-state index contributed by atoms with van der Waals surface area (Å²) in [6.45, 7) is 1.74. The van der Waals surface area contributed by atoms with Gasteiger partial charge in [0, 0.05) is 28.5 Å². The summed E-state index contributed by atoms with van der Waals surface area (Å²) in [7, 11) is 0. The van der Waals surface area contributed by atoms with Crippen molar-refractivity contribution in [1.29, 1.82) is 0 Å². The van der Waals surface area contributed by atoms with Crippen LogP contribution in [0, 0.1) is 6.92 Å². The summed E-state index contributed by atoms with van der Waals surface area (Å²) < 4.78 is 1.59. The summed E-state index contributed by atoms with van der Waals surface area (Å²) in [5.41, 5.74) is 2.97. The molecule has 0 aliphatic heterocycles. The van der Waals surface area contributed by atoms with Crippen molar-refractivity contribution in [2.24, 2.45) is 0 Å². The number of fused-ring (bicyclic) bond motifs is 1. The molecule has 0 saturated carbocycles. The first kappa shape index (κ1) is 16.2. The summed E-state index contributed by atoms with van der Waals surface area (Å²) in [4.78, 5) is 20.4. The van der Waals surface area contributed by atoms with Crippen LogP contribution in [-0.2, 0) is 0 Å². The third-order valence-electron chi connectivity index (χ3n) is 4.06. The number of hydrogen-bond donors (Lipinski definition) is 0. The average molecular weight is 364 g/mol. The van der Waals surface area contributed by atoms with Crippen molar-refractivity contribution in [3.8, 4) is 16.9 Å². The van der Waals surface area contributed by atoms with Gasteiger partial charge in [0.05, 0.1) is 28.4 Å². The highest BCUT2D eigenvalue weighted by molar-refractivity contribution is 6.30. The van der Waals surface area contributed by atoms with E-state index in [1.807, 2.05) is 6.07 Å². The molecule has 0 radical (unpaired) electrons. The minimum Gasteiger partial charge on any atom is -0.545 e. The molecular weight excluding hydrogens is 352 g/mol. The molecule has 0 aliphatic rings.